The first-order chi connectivity index (χ1) is 4.55. The highest BCUT2D eigenvalue weighted by molar-refractivity contribution is 6.30. The van der Waals surface area contributed by atoms with Crippen molar-refractivity contribution in [1.29, 1.82) is 0 Å². The topological polar surface area (TPSA) is 20.3 Å². The number of rotatable bonds is 1. The average Bonchev–Trinajstić information content (AvgIpc) is 1.90. The molecule has 0 N–H and O–H groups in total. The van der Waals surface area contributed by atoms with Gasteiger partial charge in [0.15, 0.2) is 0 Å². The molecule has 0 spiro atoms. The first kappa shape index (κ1) is 12.4. The molecule has 0 saturated heterocycles. The van der Waals surface area contributed by atoms with Gasteiger partial charge in [0.2, 0.25) is 5.91 Å². The molecule has 1 amide bonds. The third kappa shape index (κ3) is 5.89. The van der Waals surface area contributed by atoms with Gasteiger partial charge in [-0.05, 0) is 6.92 Å². The molecule has 0 aromatic carbocycles. The van der Waals surface area contributed by atoms with Crippen LogP contribution in [0.2, 0.25) is 0 Å². The molecule has 2 nitrogen and oxygen atoms in total. The number of alkyl halides is 1. The fourth-order valence-corrected chi connectivity index (χ4v) is 0.551. The van der Waals surface area contributed by atoms with E-state index in [4.69, 9.17) is 11.6 Å². The maximum absolute atomic E-state index is 10.6. The van der Waals surface area contributed by atoms with Crippen LogP contribution in [0, 0.1) is 0 Å². The number of nitrogens with zero attached hydrogens (tertiary/aromatic N) is 1. The van der Waals surface area contributed by atoms with Crippen molar-refractivity contribution in [3.05, 3.63) is 0 Å². The zero-order valence-corrected chi connectivity index (χ0v) is 8.07. The van der Waals surface area contributed by atoms with Crippen molar-refractivity contribution in [1.82, 2.24) is 4.90 Å². The minimum absolute atomic E-state index is 0.0494. The molecule has 3 heteroatoms. The van der Waals surface area contributed by atoms with Crippen molar-refractivity contribution in [3.8, 4) is 0 Å². The Hall–Kier alpha value is -0.240. The second-order valence-electron chi connectivity index (χ2n) is 1.85. The molecule has 62 valence electrons. The Labute approximate surface area is 68.2 Å². The Bertz CT molecular complexity index is 81.6. The lowest BCUT2D eigenvalue weighted by Gasteiger charge is -2.10. The van der Waals surface area contributed by atoms with Crippen molar-refractivity contribution in [2.45, 2.75) is 26.1 Å². The molecule has 10 heavy (non-hydrogen) atoms. The molecule has 1 unspecified atom stereocenters. The van der Waals surface area contributed by atoms with E-state index in [0.717, 1.165) is 0 Å². The molecular weight excluding hydrogens is 150 g/mol. The summed E-state index contributed by atoms with van der Waals surface area (Å²) in [5, 5.41) is -0.398. The lowest BCUT2D eigenvalue weighted by Crippen LogP contribution is -2.28. The fraction of sp³-hybridized carbons (Fsp3) is 0.857. The summed E-state index contributed by atoms with van der Waals surface area (Å²) < 4.78 is 0. The highest BCUT2D eigenvalue weighted by Gasteiger charge is 2.09. The molecule has 0 aliphatic rings. The standard InChI is InChI=1S/C5H10ClNO.C2H6/c1-4(6)5(8)7(2)3;1-2/h4H,1-3H3;1-2H3. The van der Waals surface area contributed by atoms with Gasteiger partial charge in [0.1, 0.15) is 5.38 Å². The predicted octanol–water partition coefficient (Wildman–Crippen LogP) is 1.73. The zero-order chi connectivity index (χ0) is 8.73. The zero-order valence-electron chi connectivity index (χ0n) is 7.31. The van der Waals surface area contributed by atoms with Crippen LogP contribution in [0.25, 0.3) is 0 Å². The fourth-order valence-electron chi connectivity index (χ4n) is 0.356. The van der Waals surface area contributed by atoms with Crippen molar-refractivity contribution in [2.75, 3.05) is 14.1 Å². The van der Waals surface area contributed by atoms with E-state index < -0.39 is 5.38 Å². The van der Waals surface area contributed by atoms with Crippen molar-refractivity contribution in [3.63, 3.8) is 0 Å². The number of hydrogen-bond acceptors (Lipinski definition) is 1. The summed E-state index contributed by atoms with van der Waals surface area (Å²) in [5.74, 6) is -0.0494. The molecule has 0 aromatic heterocycles. The largest absolute Gasteiger partial charge is 0.348 e. The number of carbonyl (C=O) groups is 1. The van der Waals surface area contributed by atoms with Crippen molar-refractivity contribution < 1.29 is 4.79 Å². The highest BCUT2D eigenvalue weighted by atomic mass is 35.5. The van der Waals surface area contributed by atoms with Crippen LogP contribution in [0.5, 0.6) is 0 Å². The van der Waals surface area contributed by atoms with Crippen LogP contribution < -0.4 is 0 Å². The smallest absolute Gasteiger partial charge is 0.239 e. The maximum Gasteiger partial charge on any atom is 0.239 e. The summed E-state index contributed by atoms with van der Waals surface area (Å²) in [6.07, 6.45) is 0. The summed E-state index contributed by atoms with van der Waals surface area (Å²) in [6.45, 7) is 5.66. The summed E-state index contributed by atoms with van der Waals surface area (Å²) in [7, 11) is 3.36. The van der Waals surface area contributed by atoms with Gasteiger partial charge in [-0.3, -0.25) is 4.79 Å². The molecule has 0 aliphatic heterocycles. The monoisotopic (exact) mass is 165 g/mol. The third-order valence-corrected chi connectivity index (χ3v) is 0.968. The van der Waals surface area contributed by atoms with E-state index in [9.17, 15) is 4.79 Å². The van der Waals surface area contributed by atoms with Gasteiger partial charge in [-0.15, -0.1) is 11.6 Å². The molecule has 0 saturated carbocycles. The maximum atomic E-state index is 10.6. The van der Waals surface area contributed by atoms with E-state index in [1.807, 2.05) is 13.8 Å². The molecule has 0 bridgehead atoms. The Morgan fingerprint density at radius 1 is 1.40 bits per heavy atom. The minimum atomic E-state index is -0.398. The van der Waals surface area contributed by atoms with E-state index in [2.05, 4.69) is 0 Å². The van der Waals surface area contributed by atoms with Crippen LogP contribution in [0.1, 0.15) is 20.8 Å². The number of hydrogen-bond donors (Lipinski definition) is 0. The molecular formula is C7H16ClNO. The molecule has 0 radical (unpaired) electrons. The van der Waals surface area contributed by atoms with Gasteiger partial charge in [0, 0.05) is 14.1 Å². The molecule has 0 rings (SSSR count). The minimum Gasteiger partial charge on any atom is -0.348 e. The molecule has 0 heterocycles. The van der Waals surface area contributed by atoms with Crippen LogP contribution in [0.15, 0.2) is 0 Å². The van der Waals surface area contributed by atoms with Crippen LogP contribution >= 0.6 is 11.6 Å². The molecule has 0 fully saturated rings. The Balaban J connectivity index is 0. The van der Waals surface area contributed by atoms with Gasteiger partial charge in [-0.25, -0.2) is 0 Å². The highest BCUT2D eigenvalue weighted by Crippen LogP contribution is 1.95. The van der Waals surface area contributed by atoms with Gasteiger partial charge in [-0.2, -0.15) is 0 Å². The van der Waals surface area contributed by atoms with Gasteiger partial charge in [0.25, 0.3) is 0 Å². The first-order valence-electron chi connectivity index (χ1n) is 3.41. The Morgan fingerprint density at radius 3 is 1.70 bits per heavy atom. The SMILES string of the molecule is CC.CC(Cl)C(=O)N(C)C. The summed E-state index contributed by atoms with van der Waals surface area (Å²) in [6, 6.07) is 0. The van der Waals surface area contributed by atoms with Gasteiger partial charge < -0.3 is 4.90 Å². The van der Waals surface area contributed by atoms with Crippen LogP contribution in [-0.2, 0) is 4.79 Å². The van der Waals surface area contributed by atoms with E-state index in [0.29, 0.717) is 0 Å². The van der Waals surface area contributed by atoms with E-state index in [-0.39, 0.29) is 5.91 Å². The molecule has 0 aromatic rings. The van der Waals surface area contributed by atoms with Gasteiger partial charge in [-0.1, -0.05) is 13.8 Å². The van der Waals surface area contributed by atoms with Gasteiger partial charge in [0.05, 0.1) is 0 Å². The second kappa shape index (κ2) is 6.87. The normalized spacial score (nSPS) is 11.0. The quantitative estimate of drug-likeness (QED) is 0.542. The van der Waals surface area contributed by atoms with Gasteiger partial charge >= 0.3 is 0 Å². The Morgan fingerprint density at radius 2 is 1.70 bits per heavy atom. The molecule has 0 aliphatic carbocycles. The van der Waals surface area contributed by atoms with Crippen LogP contribution in [-0.4, -0.2) is 30.3 Å². The lowest BCUT2D eigenvalue weighted by molar-refractivity contribution is -0.127. The van der Waals surface area contributed by atoms with Crippen molar-refractivity contribution in [2.24, 2.45) is 0 Å². The van der Waals surface area contributed by atoms with Crippen LogP contribution in [0.4, 0.5) is 0 Å². The summed E-state index contributed by atoms with van der Waals surface area (Å²) in [5.41, 5.74) is 0. The lowest BCUT2D eigenvalue weighted by atomic mass is 10.4. The first-order valence-corrected chi connectivity index (χ1v) is 3.84. The number of halogens is 1. The molecule has 1 atom stereocenters. The summed E-state index contributed by atoms with van der Waals surface area (Å²) >= 11 is 5.43. The summed E-state index contributed by atoms with van der Waals surface area (Å²) in [4.78, 5) is 12.1. The average molecular weight is 166 g/mol. The van der Waals surface area contributed by atoms with E-state index >= 15 is 0 Å². The van der Waals surface area contributed by atoms with E-state index in [1.165, 1.54) is 4.90 Å². The predicted molar refractivity (Wildman–Crippen MR) is 45.4 cm³/mol. The second-order valence-corrected chi connectivity index (χ2v) is 2.50. The van der Waals surface area contributed by atoms with Crippen molar-refractivity contribution >= 4 is 17.5 Å². The van der Waals surface area contributed by atoms with E-state index in [1.54, 1.807) is 21.0 Å². The van der Waals surface area contributed by atoms with Crippen LogP contribution in [0.3, 0.4) is 0 Å². The third-order valence-electron chi connectivity index (χ3n) is 0.781. The Kier molecular flexibility index (Phi) is 8.55. The number of carbonyl (C=O) groups excluding carboxylic acids is 1. The number of amides is 1.